The molecule has 0 fully saturated rings. The predicted octanol–water partition coefficient (Wildman–Crippen LogP) is 2.57. The van der Waals surface area contributed by atoms with E-state index in [4.69, 9.17) is 14.2 Å². The molecule has 0 saturated carbocycles. The van der Waals surface area contributed by atoms with E-state index in [2.05, 4.69) is 30.0 Å². The summed E-state index contributed by atoms with van der Waals surface area (Å²) in [6.45, 7) is 4.40. The van der Waals surface area contributed by atoms with Crippen molar-refractivity contribution in [2.75, 3.05) is 20.4 Å². The fraction of sp³-hybridized carbons (Fsp3) is 0.467. The number of methoxy groups -OCH3 is 1. The van der Waals surface area contributed by atoms with Crippen molar-refractivity contribution in [1.29, 1.82) is 0 Å². The molecule has 2 aliphatic rings. The van der Waals surface area contributed by atoms with Gasteiger partial charge in [-0.25, -0.2) is 0 Å². The van der Waals surface area contributed by atoms with Crippen LogP contribution < -0.4 is 14.2 Å². The number of hydrogen-bond acceptors (Lipinski definition) is 4. The molecule has 0 N–H and O–H groups in total. The van der Waals surface area contributed by atoms with Crippen LogP contribution in [0.25, 0.3) is 0 Å². The Morgan fingerprint density at radius 2 is 2.26 bits per heavy atom. The third kappa shape index (κ3) is 2.28. The second-order valence-electron chi connectivity index (χ2n) is 4.87. The molecule has 4 nitrogen and oxygen atoms in total. The molecule has 0 radical (unpaired) electrons. The highest BCUT2D eigenvalue weighted by molar-refractivity contribution is 5.55. The Kier molecular flexibility index (Phi) is 3.34. The Labute approximate surface area is 113 Å². The van der Waals surface area contributed by atoms with Crippen LogP contribution in [0.3, 0.4) is 0 Å². The van der Waals surface area contributed by atoms with E-state index in [0.717, 1.165) is 36.8 Å². The van der Waals surface area contributed by atoms with E-state index in [9.17, 15) is 0 Å². The smallest absolute Gasteiger partial charge is 0.231 e. The monoisotopic (exact) mass is 261 g/mol. The molecule has 0 saturated heterocycles. The van der Waals surface area contributed by atoms with E-state index in [1.54, 1.807) is 7.11 Å². The van der Waals surface area contributed by atoms with Crippen molar-refractivity contribution in [3.63, 3.8) is 0 Å². The van der Waals surface area contributed by atoms with Gasteiger partial charge in [-0.1, -0.05) is 19.1 Å². The molecule has 1 atom stereocenters. The van der Waals surface area contributed by atoms with E-state index >= 15 is 0 Å². The fourth-order valence-electron chi connectivity index (χ4n) is 2.70. The van der Waals surface area contributed by atoms with E-state index in [1.165, 1.54) is 5.56 Å². The maximum atomic E-state index is 5.46. The predicted molar refractivity (Wildman–Crippen MR) is 72.7 cm³/mol. The average Bonchev–Trinajstić information content (AvgIpc) is 3.06. The van der Waals surface area contributed by atoms with Gasteiger partial charge in [-0.2, -0.15) is 0 Å². The topological polar surface area (TPSA) is 30.9 Å². The van der Waals surface area contributed by atoms with Crippen molar-refractivity contribution in [3.05, 3.63) is 29.8 Å². The highest BCUT2D eigenvalue weighted by atomic mass is 16.7. The summed E-state index contributed by atoms with van der Waals surface area (Å²) in [4.78, 5) is 2.44. The highest BCUT2D eigenvalue weighted by Gasteiger charge is 2.23. The minimum Gasteiger partial charge on any atom is -0.493 e. The minimum atomic E-state index is 0.276. The van der Waals surface area contributed by atoms with Crippen molar-refractivity contribution in [2.45, 2.75) is 25.9 Å². The normalized spacial score (nSPS) is 21.1. The van der Waals surface area contributed by atoms with Gasteiger partial charge in [0, 0.05) is 19.1 Å². The van der Waals surface area contributed by atoms with Crippen LogP contribution in [0, 0.1) is 0 Å². The van der Waals surface area contributed by atoms with Crippen LogP contribution in [0.4, 0.5) is 0 Å². The maximum absolute atomic E-state index is 5.46. The molecule has 0 unspecified atom stereocenters. The van der Waals surface area contributed by atoms with Gasteiger partial charge in [0.2, 0.25) is 12.5 Å². The van der Waals surface area contributed by atoms with Gasteiger partial charge in [-0.15, -0.1) is 0 Å². The van der Waals surface area contributed by atoms with Gasteiger partial charge in [0.1, 0.15) is 0 Å². The van der Waals surface area contributed by atoms with E-state index in [-0.39, 0.29) is 6.79 Å². The average molecular weight is 261 g/mol. The zero-order valence-corrected chi connectivity index (χ0v) is 11.4. The van der Waals surface area contributed by atoms with E-state index < -0.39 is 0 Å². The van der Waals surface area contributed by atoms with Crippen LogP contribution in [-0.2, 0) is 6.54 Å². The molecule has 0 amide bonds. The first-order valence-electron chi connectivity index (χ1n) is 6.69. The summed E-state index contributed by atoms with van der Waals surface area (Å²) in [5.74, 6) is 2.26. The minimum absolute atomic E-state index is 0.276. The quantitative estimate of drug-likeness (QED) is 0.779. The summed E-state index contributed by atoms with van der Waals surface area (Å²) in [5, 5.41) is 0. The fourth-order valence-corrected chi connectivity index (χ4v) is 2.70. The summed E-state index contributed by atoms with van der Waals surface area (Å²) in [7, 11) is 1.66. The van der Waals surface area contributed by atoms with E-state index in [1.807, 2.05) is 6.07 Å². The third-order valence-electron chi connectivity index (χ3n) is 3.69. The molecular weight excluding hydrogens is 242 g/mol. The second kappa shape index (κ2) is 5.13. The largest absolute Gasteiger partial charge is 0.493 e. The Balaban J connectivity index is 1.82. The molecule has 102 valence electrons. The molecule has 1 aromatic rings. The van der Waals surface area contributed by atoms with Gasteiger partial charge < -0.3 is 14.2 Å². The summed E-state index contributed by atoms with van der Waals surface area (Å²) in [6, 6.07) is 4.63. The van der Waals surface area contributed by atoms with Crippen molar-refractivity contribution >= 4 is 0 Å². The standard InChI is InChI=1S/C15H19NO3/c1-3-12-5-4-6-16(12)9-11-7-13(17-2)15-14(8-11)18-10-19-15/h4-5,7-8,12H,3,6,9-10H2,1-2H3/t12-/m1/s1. The first-order valence-corrected chi connectivity index (χ1v) is 6.69. The van der Waals surface area contributed by atoms with Gasteiger partial charge in [-0.05, 0) is 24.1 Å². The number of benzene rings is 1. The summed E-state index contributed by atoms with van der Waals surface area (Å²) in [6.07, 6.45) is 5.65. The summed E-state index contributed by atoms with van der Waals surface area (Å²) < 4.78 is 16.3. The molecule has 0 aromatic heterocycles. The number of hydrogen-bond donors (Lipinski definition) is 0. The molecule has 0 aliphatic carbocycles. The Bertz CT molecular complexity index is 498. The summed E-state index contributed by atoms with van der Waals surface area (Å²) in [5.41, 5.74) is 1.20. The highest BCUT2D eigenvalue weighted by Crippen LogP contribution is 2.42. The molecule has 19 heavy (non-hydrogen) atoms. The molecule has 2 aliphatic heterocycles. The van der Waals surface area contributed by atoms with Crippen molar-refractivity contribution in [2.24, 2.45) is 0 Å². The second-order valence-corrected chi connectivity index (χ2v) is 4.87. The van der Waals surface area contributed by atoms with Gasteiger partial charge in [0.15, 0.2) is 11.5 Å². The van der Waals surface area contributed by atoms with Crippen LogP contribution in [0.5, 0.6) is 17.2 Å². The first-order chi connectivity index (χ1) is 9.31. The molecule has 3 rings (SSSR count). The lowest BCUT2D eigenvalue weighted by molar-refractivity contribution is 0.171. The lowest BCUT2D eigenvalue weighted by atomic mass is 10.1. The van der Waals surface area contributed by atoms with Crippen molar-refractivity contribution in [1.82, 2.24) is 4.90 Å². The number of nitrogens with zero attached hydrogens (tertiary/aromatic N) is 1. The zero-order chi connectivity index (χ0) is 13.2. The molecular formula is C15H19NO3. The molecule has 0 spiro atoms. The van der Waals surface area contributed by atoms with Gasteiger partial charge in [0.25, 0.3) is 0 Å². The Hall–Kier alpha value is -1.68. The number of fused-ring (bicyclic) bond motifs is 1. The maximum Gasteiger partial charge on any atom is 0.231 e. The first kappa shape index (κ1) is 12.4. The van der Waals surface area contributed by atoms with Crippen molar-refractivity contribution < 1.29 is 14.2 Å². The molecule has 0 bridgehead atoms. The van der Waals surface area contributed by atoms with Crippen molar-refractivity contribution in [3.8, 4) is 17.2 Å². The van der Waals surface area contributed by atoms with E-state index in [0.29, 0.717) is 6.04 Å². The van der Waals surface area contributed by atoms with Gasteiger partial charge in [0.05, 0.1) is 7.11 Å². The zero-order valence-electron chi connectivity index (χ0n) is 11.4. The summed E-state index contributed by atoms with van der Waals surface area (Å²) >= 11 is 0. The Morgan fingerprint density at radius 3 is 3.05 bits per heavy atom. The lowest BCUT2D eigenvalue weighted by Gasteiger charge is -2.23. The van der Waals surface area contributed by atoms with Gasteiger partial charge >= 0.3 is 0 Å². The Morgan fingerprint density at radius 1 is 1.37 bits per heavy atom. The number of ether oxygens (including phenoxy) is 3. The van der Waals surface area contributed by atoms with Crippen LogP contribution in [-0.4, -0.2) is 31.4 Å². The van der Waals surface area contributed by atoms with Gasteiger partial charge in [-0.3, -0.25) is 4.90 Å². The lowest BCUT2D eigenvalue weighted by Crippen LogP contribution is -2.28. The van der Waals surface area contributed by atoms with Crippen LogP contribution in [0.1, 0.15) is 18.9 Å². The van der Waals surface area contributed by atoms with Crippen LogP contribution >= 0.6 is 0 Å². The SMILES string of the molecule is CC[C@@H]1C=CCN1Cc1cc(OC)c2c(c1)OCO2. The number of rotatable bonds is 4. The molecule has 1 aromatic carbocycles. The molecule has 4 heteroatoms. The van der Waals surface area contributed by atoms with Crippen LogP contribution in [0.15, 0.2) is 24.3 Å². The third-order valence-corrected chi connectivity index (χ3v) is 3.69. The molecule has 2 heterocycles. The van der Waals surface area contributed by atoms with Crippen LogP contribution in [0.2, 0.25) is 0 Å².